The highest BCUT2D eigenvalue weighted by atomic mass is 32.2. The van der Waals surface area contributed by atoms with Gasteiger partial charge in [0, 0.05) is 43.9 Å². The molecule has 1 fully saturated rings. The number of nitrogens with zero attached hydrogens (tertiary/aromatic N) is 2. The van der Waals surface area contributed by atoms with Gasteiger partial charge in [-0.05, 0) is 12.1 Å². The normalized spacial score (nSPS) is 23.3. The Hall–Kier alpha value is -1.78. The second kappa shape index (κ2) is 7.09. The molecule has 1 aromatic rings. The third kappa shape index (κ3) is 3.97. The highest BCUT2D eigenvalue weighted by molar-refractivity contribution is 7.94. The van der Waals surface area contributed by atoms with E-state index in [1.54, 1.807) is 0 Å². The number of carbonyl (C=O) groups is 1. The largest absolute Gasteiger partial charge is 0.340 e. The topological polar surface area (TPSA) is 91.8 Å². The molecule has 1 atom stereocenters. The SMILES string of the molecule is O=C(C[C@@H]1C=CS(=O)(=O)C1)N1CCN(S(=O)(=O)c2ccccc2F)CC1. The summed E-state index contributed by atoms with van der Waals surface area (Å²) in [5.41, 5.74) is 0. The number of sulfone groups is 1. The first-order chi connectivity index (χ1) is 12.2. The smallest absolute Gasteiger partial charge is 0.246 e. The van der Waals surface area contributed by atoms with Crippen LogP contribution in [0.25, 0.3) is 0 Å². The fraction of sp³-hybridized carbons (Fsp3) is 0.438. The number of hydrogen-bond donors (Lipinski definition) is 0. The van der Waals surface area contributed by atoms with Crippen molar-refractivity contribution < 1.29 is 26.0 Å². The van der Waals surface area contributed by atoms with E-state index in [-0.39, 0.29) is 55.1 Å². The van der Waals surface area contributed by atoms with Gasteiger partial charge in [-0.25, -0.2) is 21.2 Å². The van der Waals surface area contributed by atoms with Crippen LogP contribution >= 0.6 is 0 Å². The van der Waals surface area contributed by atoms with E-state index in [0.717, 1.165) is 15.8 Å². The zero-order valence-electron chi connectivity index (χ0n) is 13.9. The molecule has 0 unspecified atom stereocenters. The lowest BCUT2D eigenvalue weighted by Crippen LogP contribution is -2.50. The van der Waals surface area contributed by atoms with Crippen LogP contribution in [0.2, 0.25) is 0 Å². The number of benzene rings is 1. The second-order valence-electron chi connectivity index (χ2n) is 6.34. The highest BCUT2D eigenvalue weighted by Crippen LogP contribution is 2.22. The third-order valence-corrected chi connectivity index (χ3v) is 7.88. The summed E-state index contributed by atoms with van der Waals surface area (Å²) in [5.74, 6) is -1.42. The van der Waals surface area contributed by atoms with Gasteiger partial charge in [0.15, 0.2) is 9.84 Å². The molecule has 142 valence electrons. The fourth-order valence-corrected chi connectivity index (χ4v) is 5.98. The lowest BCUT2D eigenvalue weighted by Gasteiger charge is -2.34. The summed E-state index contributed by atoms with van der Waals surface area (Å²) in [7, 11) is -7.16. The fourth-order valence-electron chi connectivity index (χ4n) is 3.09. The van der Waals surface area contributed by atoms with Crippen molar-refractivity contribution in [2.45, 2.75) is 11.3 Å². The first kappa shape index (κ1) is 19.0. The quantitative estimate of drug-likeness (QED) is 0.736. The van der Waals surface area contributed by atoms with Crippen LogP contribution in [0.1, 0.15) is 6.42 Å². The molecule has 26 heavy (non-hydrogen) atoms. The third-order valence-electron chi connectivity index (χ3n) is 4.49. The van der Waals surface area contributed by atoms with Crippen molar-refractivity contribution in [2.24, 2.45) is 5.92 Å². The van der Waals surface area contributed by atoms with Gasteiger partial charge in [-0.15, -0.1) is 0 Å². The van der Waals surface area contributed by atoms with Crippen LogP contribution in [-0.2, 0) is 24.7 Å². The Morgan fingerprint density at radius 2 is 1.81 bits per heavy atom. The number of halogens is 1. The highest BCUT2D eigenvalue weighted by Gasteiger charge is 2.33. The van der Waals surface area contributed by atoms with Crippen LogP contribution in [-0.4, -0.2) is 63.9 Å². The number of piperazine rings is 1. The molecule has 2 aliphatic rings. The summed E-state index contributed by atoms with van der Waals surface area (Å²) in [6.45, 7) is 0.522. The number of carbonyl (C=O) groups excluding carboxylic acids is 1. The van der Waals surface area contributed by atoms with Crippen molar-refractivity contribution in [1.29, 1.82) is 0 Å². The van der Waals surface area contributed by atoms with Crippen molar-refractivity contribution in [3.05, 3.63) is 41.6 Å². The molecule has 0 saturated carbocycles. The standard InChI is InChI=1S/C16H19FN2O5S2/c17-14-3-1-2-4-15(14)26(23,24)19-8-6-18(7-9-19)16(20)11-13-5-10-25(21,22)12-13/h1-5,10,13H,6-9,11-12H2/t13-/m0/s1. The zero-order valence-corrected chi connectivity index (χ0v) is 15.5. The maximum Gasteiger partial charge on any atom is 0.246 e. The molecule has 0 bridgehead atoms. The van der Waals surface area contributed by atoms with Crippen LogP contribution in [0.5, 0.6) is 0 Å². The molecule has 0 spiro atoms. The summed E-state index contributed by atoms with van der Waals surface area (Å²) in [5, 5.41) is 1.13. The Morgan fingerprint density at radius 1 is 1.15 bits per heavy atom. The van der Waals surface area contributed by atoms with Crippen LogP contribution in [0.15, 0.2) is 40.6 Å². The van der Waals surface area contributed by atoms with E-state index in [1.807, 2.05) is 0 Å². The molecule has 0 aromatic heterocycles. The van der Waals surface area contributed by atoms with Crippen LogP contribution in [0, 0.1) is 11.7 Å². The molecule has 0 N–H and O–H groups in total. The molecular formula is C16H19FN2O5S2. The van der Waals surface area contributed by atoms with E-state index in [9.17, 15) is 26.0 Å². The van der Waals surface area contributed by atoms with Gasteiger partial charge in [0.05, 0.1) is 5.75 Å². The van der Waals surface area contributed by atoms with Gasteiger partial charge in [0.2, 0.25) is 15.9 Å². The Morgan fingerprint density at radius 3 is 2.38 bits per heavy atom. The minimum Gasteiger partial charge on any atom is -0.340 e. The van der Waals surface area contributed by atoms with Gasteiger partial charge in [0.25, 0.3) is 0 Å². The lowest BCUT2D eigenvalue weighted by atomic mass is 10.1. The van der Waals surface area contributed by atoms with Gasteiger partial charge in [-0.2, -0.15) is 4.31 Å². The minimum absolute atomic E-state index is 0.0691. The molecule has 2 heterocycles. The molecule has 10 heteroatoms. The first-order valence-electron chi connectivity index (χ1n) is 8.12. The predicted molar refractivity (Wildman–Crippen MR) is 92.8 cm³/mol. The monoisotopic (exact) mass is 402 g/mol. The second-order valence-corrected chi connectivity index (χ2v) is 10.2. The first-order valence-corrected chi connectivity index (χ1v) is 11.3. The van der Waals surface area contributed by atoms with E-state index < -0.39 is 25.7 Å². The van der Waals surface area contributed by atoms with Gasteiger partial charge < -0.3 is 4.90 Å². The average Bonchev–Trinajstić information content (AvgIpc) is 2.93. The number of hydrogen-bond acceptors (Lipinski definition) is 5. The van der Waals surface area contributed by atoms with Gasteiger partial charge >= 0.3 is 0 Å². The van der Waals surface area contributed by atoms with Crippen molar-refractivity contribution in [3.63, 3.8) is 0 Å². The molecule has 0 radical (unpaired) electrons. The van der Waals surface area contributed by atoms with Crippen molar-refractivity contribution in [2.75, 3.05) is 31.9 Å². The summed E-state index contributed by atoms with van der Waals surface area (Å²) < 4.78 is 62.9. The van der Waals surface area contributed by atoms with Crippen molar-refractivity contribution >= 4 is 25.8 Å². The summed E-state index contributed by atoms with van der Waals surface area (Å²) >= 11 is 0. The van der Waals surface area contributed by atoms with E-state index in [2.05, 4.69) is 0 Å². The molecule has 1 saturated heterocycles. The Bertz CT molecular complexity index is 935. The van der Waals surface area contributed by atoms with E-state index in [4.69, 9.17) is 0 Å². The summed E-state index contributed by atoms with van der Waals surface area (Å²) in [4.78, 5) is 13.5. The lowest BCUT2D eigenvalue weighted by molar-refractivity contribution is -0.132. The predicted octanol–water partition coefficient (Wildman–Crippen LogP) is 0.607. The number of rotatable bonds is 4. The molecule has 7 nitrogen and oxygen atoms in total. The van der Waals surface area contributed by atoms with E-state index in [1.165, 1.54) is 29.2 Å². The van der Waals surface area contributed by atoms with Crippen LogP contribution < -0.4 is 0 Å². The van der Waals surface area contributed by atoms with Crippen LogP contribution in [0.4, 0.5) is 4.39 Å². The van der Waals surface area contributed by atoms with Gasteiger partial charge in [-0.1, -0.05) is 18.2 Å². The van der Waals surface area contributed by atoms with Crippen molar-refractivity contribution in [3.8, 4) is 0 Å². The average molecular weight is 402 g/mol. The minimum atomic E-state index is -3.95. The van der Waals surface area contributed by atoms with Gasteiger partial charge in [-0.3, -0.25) is 4.79 Å². The van der Waals surface area contributed by atoms with Gasteiger partial charge in [0.1, 0.15) is 10.7 Å². The van der Waals surface area contributed by atoms with Crippen LogP contribution in [0.3, 0.4) is 0 Å². The van der Waals surface area contributed by atoms with E-state index in [0.29, 0.717) is 0 Å². The maximum absolute atomic E-state index is 13.8. The maximum atomic E-state index is 13.8. The molecule has 3 rings (SSSR count). The summed E-state index contributed by atoms with van der Waals surface area (Å²) in [6, 6.07) is 5.19. The van der Waals surface area contributed by atoms with Crippen molar-refractivity contribution in [1.82, 2.24) is 9.21 Å². The number of sulfonamides is 1. The zero-order chi connectivity index (χ0) is 18.9. The number of allylic oxidation sites excluding steroid dienone is 1. The number of amides is 1. The summed E-state index contributed by atoms with van der Waals surface area (Å²) in [6.07, 6.45) is 1.60. The molecule has 2 aliphatic heterocycles. The molecule has 1 amide bonds. The molecule has 1 aromatic carbocycles. The Balaban J connectivity index is 1.60. The molecular weight excluding hydrogens is 383 g/mol. The van der Waals surface area contributed by atoms with E-state index >= 15 is 0 Å². The Kier molecular flexibility index (Phi) is 5.18. The molecule has 0 aliphatic carbocycles. The Labute approximate surface area is 152 Å².